The number of piperidine rings is 1. The number of aliphatic hydroxyl groups excluding tert-OH is 1. The van der Waals surface area contributed by atoms with Gasteiger partial charge in [0.15, 0.2) is 0 Å². The molecule has 3 rings (SSSR count). The molecule has 2 N–H and O–H groups in total. The van der Waals surface area contributed by atoms with Gasteiger partial charge in [-0.05, 0) is 42.4 Å². The molecule has 27 heavy (non-hydrogen) atoms. The van der Waals surface area contributed by atoms with Crippen molar-refractivity contribution in [3.05, 3.63) is 42.2 Å². The Hall–Kier alpha value is -2.34. The summed E-state index contributed by atoms with van der Waals surface area (Å²) in [6.07, 6.45) is 3.78. The molecule has 0 aliphatic carbocycles. The van der Waals surface area contributed by atoms with E-state index in [2.05, 4.69) is 46.2 Å². The van der Waals surface area contributed by atoms with Crippen LogP contribution in [0.1, 0.15) is 38.3 Å². The molecule has 1 saturated heterocycles. The molecule has 0 spiro atoms. The fourth-order valence-electron chi connectivity index (χ4n) is 3.63. The summed E-state index contributed by atoms with van der Waals surface area (Å²) in [6.45, 7) is 6.44. The average Bonchev–Trinajstić information content (AvgIpc) is 2.72. The first kappa shape index (κ1) is 19.4. The smallest absolute Gasteiger partial charge is 0.134 e. The molecule has 1 aliphatic heterocycles. The third-order valence-electron chi connectivity index (χ3n) is 5.20. The lowest BCUT2D eigenvalue weighted by Gasteiger charge is -2.33. The lowest BCUT2D eigenvalue weighted by atomic mass is 9.96. The van der Waals surface area contributed by atoms with E-state index in [-0.39, 0.29) is 12.6 Å². The Bertz CT molecular complexity index is 720. The maximum atomic E-state index is 9.47. The molecule has 0 radical (unpaired) electrons. The molecule has 0 amide bonds. The molecule has 2 unspecified atom stereocenters. The number of hydrogen-bond donors (Lipinski definition) is 2. The SMILES string of the molecule is COc1ccc(C(Nc2cc(N3CCCC(CO)C3)ncn2)C(C)C)cc1. The van der Waals surface area contributed by atoms with Crippen molar-refractivity contribution in [1.29, 1.82) is 0 Å². The van der Waals surface area contributed by atoms with Gasteiger partial charge in [0.25, 0.3) is 0 Å². The van der Waals surface area contributed by atoms with E-state index < -0.39 is 0 Å². The molecule has 2 heterocycles. The molecular weight excluding hydrogens is 340 g/mol. The Balaban J connectivity index is 1.76. The van der Waals surface area contributed by atoms with Gasteiger partial charge in [0, 0.05) is 25.8 Å². The minimum atomic E-state index is 0.144. The van der Waals surface area contributed by atoms with E-state index in [1.807, 2.05) is 18.2 Å². The predicted octanol–water partition coefficient (Wildman–Crippen LogP) is 3.50. The molecule has 1 aliphatic rings. The van der Waals surface area contributed by atoms with E-state index in [0.29, 0.717) is 11.8 Å². The molecule has 146 valence electrons. The topological polar surface area (TPSA) is 70.5 Å². The van der Waals surface area contributed by atoms with Crippen LogP contribution in [-0.4, -0.2) is 41.9 Å². The summed E-state index contributed by atoms with van der Waals surface area (Å²) < 4.78 is 5.26. The molecule has 1 aromatic carbocycles. The Kier molecular flexibility index (Phi) is 6.50. The van der Waals surface area contributed by atoms with E-state index in [4.69, 9.17) is 4.74 Å². The first-order valence-corrected chi connectivity index (χ1v) is 9.69. The van der Waals surface area contributed by atoms with Crippen molar-refractivity contribution in [2.24, 2.45) is 11.8 Å². The molecule has 6 nitrogen and oxygen atoms in total. The van der Waals surface area contributed by atoms with Crippen molar-refractivity contribution in [3.63, 3.8) is 0 Å². The zero-order chi connectivity index (χ0) is 19.2. The van der Waals surface area contributed by atoms with Crippen molar-refractivity contribution in [2.75, 3.05) is 37.0 Å². The van der Waals surface area contributed by atoms with Crippen LogP contribution >= 0.6 is 0 Å². The third-order valence-corrected chi connectivity index (χ3v) is 5.20. The van der Waals surface area contributed by atoms with E-state index in [0.717, 1.165) is 43.3 Å². The molecule has 6 heteroatoms. The van der Waals surface area contributed by atoms with Gasteiger partial charge in [0.1, 0.15) is 23.7 Å². The average molecular weight is 370 g/mol. The molecule has 1 fully saturated rings. The lowest BCUT2D eigenvalue weighted by molar-refractivity contribution is 0.208. The van der Waals surface area contributed by atoms with E-state index in [1.54, 1.807) is 13.4 Å². The van der Waals surface area contributed by atoms with Crippen LogP contribution in [0.5, 0.6) is 5.75 Å². The number of aliphatic hydroxyl groups is 1. The number of aromatic nitrogens is 2. The molecule has 2 aromatic rings. The second kappa shape index (κ2) is 9.04. The fourth-order valence-corrected chi connectivity index (χ4v) is 3.63. The number of anilines is 2. The largest absolute Gasteiger partial charge is 0.497 e. The highest BCUT2D eigenvalue weighted by atomic mass is 16.5. The first-order chi connectivity index (χ1) is 13.1. The minimum Gasteiger partial charge on any atom is -0.497 e. The zero-order valence-electron chi connectivity index (χ0n) is 16.4. The highest BCUT2D eigenvalue weighted by Crippen LogP contribution is 2.29. The van der Waals surface area contributed by atoms with Gasteiger partial charge >= 0.3 is 0 Å². The summed E-state index contributed by atoms with van der Waals surface area (Å²) >= 11 is 0. The number of ether oxygens (including phenoxy) is 1. The van der Waals surface area contributed by atoms with Crippen LogP contribution in [0.15, 0.2) is 36.7 Å². The van der Waals surface area contributed by atoms with Gasteiger partial charge in [-0.3, -0.25) is 0 Å². The second-order valence-corrected chi connectivity index (χ2v) is 7.54. The van der Waals surface area contributed by atoms with Crippen molar-refractivity contribution in [3.8, 4) is 5.75 Å². The molecule has 2 atom stereocenters. The van der Waals surface area contributed by atoms with Gasteiger partial charge in [-0.15, -0.1) is 0 Å². The van der Waals surface area contributed by atoms with Gasteiger partial charge < -0.3 is 20.1 Å². The van der Waals surface area contributed by atoms with Gasteiger partial charge in [0.05, 0.1) is 13.2 Å². The highest BCUT2D eigenvalue weighted by Gasteiger charge is 2.21. The molecule has 0 saturated carbocycles. The zero-order valence-corrected chi connectivity index (χ0v) is 16.4. The quantitative estimate of drug-likeness (QED) is 0.777. The van der Waals surface area contributed by atoms with Crippen molar-refractivity contribution >= 4 is 11.6 Å². The Morgan fingerprint density at radius 3 is 2.70 bits per heavy atom. The van der Waals surface area contributed by atoms with E-state index in [1.165, 1.54) is 5.56 Å². The number of nitrogens with zero attached hydrogens (tertiary/aromatic N) is 3. The summed E-state index contributed by atoms with van der Waals surface area (Å²) in [7, 11) is 1.68. The van der Waals surface area contributed by atoms with E-state index >= 15 is 0 Å². The number of benzene rings is 1. The molecular formula is C21H30N4O2. The number of nitrogens with one attached hydrogen (secondary N) is 1. The molecule has 0 bridgehead atoms. The van der Waals surface area contributed by atoms with Gasteiger partial charge in [-0.1, -0.05) is 26.0 Å². The number of methoxy groups -OCH3 is 1. The summed E-state index contributed by atoms with van der Waals surface area (Å²) in [5.74, 6) is 3.32. The van der Waals surface area contributed by atoms with Crippen LogP contribution in [0.2, 0.25) is 0 Å². The van der Waals surface area contributed by atoms with Crippen LogP contribution in [0.3, 0.4) is 0 Å². The van der Waals surface area contributed by atoms with Crippen LogP contribution in [0, 0.1) is 11.8 Å². The van der Waals surface area contributed by atoms with Crippen LogP contribution in [-0.2, 0) is 0 Å². The predicted molar refractivity (Wildman–Crippen MR) is 108 cm³/mol. The minimum absolute atomic E-state index is 0.144. The van der Waals surface area contributed by atoms with Crippen molar-refractivity contribution in [1.82, 2.24) is 9.97 Å². The van der Waals surface area contributed by atoms with Crippen molar-refractivity contribution < 1.29 is 9.84 Å². The lowest BCUT2D eigenvalue weighted by Crippen LogP contribution is -2.37. The Morgan fingerprint density at radius 2 is 2.04 bits per heavy atom. The summed E-state index contributed by atoms with van der Waals surface area (Å²) in [4.78, 5) is 11.1. The summed E-state index contributed by atoms with van der Waals surface area (Å²) in [5.41, 5.74) is 1.20. The van der Waals surface area contributed by atoms with Crippen LogP contribution in [0.4, 0.5) is 11.6 Å². The van der Waals surface area contributed by atoms with Crippen molar-refractivity contribution in [2.45, 2.75) is 32.7 Å². The number of rotatable bonds is 7. The summed E-state index contributed by atoms with van der Waals surface area (Å²) in [6, 6.07) is 10.3. The maximum Gasteiger partial charge on any atom is 0.134 e. The second-order valence-electron chi connectivity index (χ2n) is 7.54. The Labute approximate surface area is 161 Å². The normalized spacial score (nSPS) is 18.4. The highest BCUT2D eigenvalue weighted by molar-refractivity contribution is 5.50. The fraction of sp³-hybridized carbons (Fsp3) is 0.524. The summed E-state index contributed by atoms with van der Waals surface area (Å²) in [5, 5.41) is 13.0. The molecule has 1 aromatic heterocycles. The number of hydrogen-bond acceptors (Lipinski definition) is 6. The third kappa shape index (κ3) is 4.89. The van der Waals surface area contributed by atoms with Crippen LogP contribution < -0.4 is 15.0 Å². The Morgan fingerprint density at radius 1 is 1.26 bits per heavy atom. The maximum absolute atomic E-state index is 9.47. The monoisotopic (exact) mass is 370 g/mol. The van der Waals surface area contributed by atoms with Gasteiger partial charge in [-0.25, -0.2) is 9.97 Å². The first-order valence-electron chi connectivity index (χ1n) is 9.69. The standard InChI is InChI=1S/C21H30N4O2/c1-15(2)21(17-6-8-18(27-3)9-7-17)24-19-11-20(23-14-22-19)25-10-4-5-16(12-25)13-26/h6-9,11,14-16,21,26H,4-5,10,12-13H2,1-3H3,(H,22,23,24). The van der Waals surface area contributed by atoms with E-state index in [9.17, 15) is 5.11 Å². The van der Waals surface area contributed by atoms with Gasteiger partial charge in [0.2, 0.25) is 0 Å². The van der Waals surface area contributed by atoms with Gasteiger partial charge in [-0.2, -0.15) is 0 Å². The van der Waals surface area contributed by atoms with Crippen LogP contribution in [0.25, 0.3) is 0 Å².